The number of aromatic nitrogens is 2. The van der Waals surface area contributed by atoms with Crippen LogP contribution in [-0.2, 0) is 11.0 Å². The van der Waals surface area contributed by atoms with E-state index in [4.69, 9.17) is 0 Å². The molecule has 5 nitrogen and oxygen atoms in total. The van der Waals surface area contributed by atoms with E-state index in [-0.39, 0.29) is 29.7 Å². The molecule has 0 unspecified atom stereocenters. The minimum Gasteiger partial charge on any atom is -0.349 e. The third-order valence-electron chi connectivity index (χ3n) is 5.62. The highest BCUT2D eigenvalue weighted by Crippen LogP contribution is 2.43. The number of carbonyl (C=O) groups excluding carboxylic acids is 1. The molecule has 2 aliphatic carbocycles. The van der Waals surface area contributed by atoms with Gasteiger partial charge in [0.15, 0.2) is 0 Å². The molecule has 1 aromatic heterocycles. The average Bonchev–Trinajstić information content (AvgIpc) is 3.26. The number of nitrogens with zero attached hydrogens (tertiary/aromatic N) is 3. The first kappa shape index (κ1) is 16.6. The summed E-state index contributed by atoms with van der Waals surface area (Å²) >= 11 is 0. The Kier molecular flexibility index (Phi) is 4.08. The van der Waals surface area contributed by atoms with Crippen molar-refractivity contribution < 1.29 is 18.0 Å². The zero-order chi connectivity index (χ0) is 17.6. The van der Waals surface area contributed by atoms with E-state index in [0.717, 1.165) is 44.4 Å². The first-order valence-electron chi connectivity index (χ1n) is 8.87. The van der Waals surface area contributed by atoms with Gasteiger partial charge in [-0.1, -0.05) is 6.42 Å². The average molecular weight is 354 g/mol. The highest BCUT2D eigenvalue weighted by Gasteiger charge is 2.45. The molecule has 3 fully saturated rings. The molecule has 1 N–H and O–H groups in total. The van der Waals surface area contributed by atoms with Crippen LogP contribution in [-0.4, -0.2) is 39.9 Å². The molecule has 25 heavy (non-hydrogen) atoms. The van der Waals surface area contributed by atoms with Gasteiger partial charge in [0.1, 0.15) is 5.69 Å². The van der Waals surface area contributed by atoms with Gasteiger partial charge in [0.25, 0.3) is 0 Å². The molecule has 0 radical (unpaired) electrons. The molecule has 0 spiro atoms. The van der Waals surface area contributed by atoms with Crippen molar-refractivity contribution in [2.45, 2.75) is 44.3 Å². The van der Waals surface area contributed by atoms with Gasteiger partial charge in [-0.25, -0.2) is 9.97 Å². The van der Waals surface area contributed by atoms with Crippen molar-refractivity contribution in [3.8, 4) is 0 Å². The van der Waals surface area contributed by atoms with E-state index >= 15 is 0 Å². The number of hydrogen-bond donors (Lipinski definition) is 1. The SMILES string of the molecule is O=C(C1CCC1)N1C[C@H](Nc2nccc(C(F)(F)F)n2)[C@@H](C2CC2)C1. The lowest BCUT2D eigenvalue weighted by Gasteiger charge is -2.29. The van der Waals surface area contributed by atoms with Gasteiger partial charge in [-0.05, 0) is 37.7 Å². The quantitative estimate of drug-likeness (QED) is 0.903. The number of hydrogen-bond acceptors (Lipinski definition) is 4. The molecule has 3 aliphatic rings. The van der Waals surface area contributed by atoms with Crippen LogP contribution in [0.25, 0.3) is 0 Å². The molecular formula is C17H21F3N4O. The Labute approximate surface area is 144 Å². The van der Waals surface area contributed by atoms with Gasteiger partial charge in [-0.15, -0.1) is 0 Å². The molecule has 8 heteroatoms. The Morgan fingerprint density at radius 3 is 2.56 bits per heavy atom. The molecule has 0 aromatic carbocycles. The summed E-state index contributed by atoms with van der Waals surface area (Å²) in [6.45, 7) is 1.22. The van der Waals surface area contributed by atoms with Crippen LogP contribution in [0.5, 0.6) is 0 Å². The smallest absolute Gasteiger partial charge is 0.349 e. The lowest BCUT2D eigenvalue weighted by Crippen LogP contribution is -2.38. The van der Waals surface area contributed by atoms with E-state index < -0.39 is 11.9 Å². The molecule has 1 aliphatic heterocycles. The van der Waals surface area contributed by atoms with E-state index in [9.17, 15) is 18.0 Å². The summed E-state index contributed by atoms with van der Waals surface area (Å²) in [7, 11) is 0. The number of alkyl halides is 3. The fourth-order valence-electron chi connectivity index (χ4n) is 3.83. The first-order chi connectivity index (χ1) is 11.9. The summed E-state index contributed by atoms with van der Waals surface area (Å²) < 4.78 is 38.5. The second-order valence-electron chi connectivity index (χ2n) is 7.39. The number of halogens is 3. The second-order valence-corrected chi connectivity index (χ2v) is 7.39. The Balaban J connectivity index is 1.47. The number of carbonyl (C=O) groups is 1. The number of nitrogens with one attached hydrogen (secondary N) is 1. The lowest BCUT2D eigenvalue weighted by molar-refractivity contribution is -0.141. The maximum atomic E-state index is 12.8. The van der Waals surface area contributed by atoms with Crippen molar-refractivity contribution in [3.63, 3.8) is 0 Å². The fourth-order valence-corrected chi connectivity index (χ4v) is 3.83. The highest BCUT2D eigenvalue weighted by molar-refractivity contribution is 5.80. The van der Waals surface area contributed by atoms with Gasteiger partial charge in [-0.3, -0.25) is 4.79 Å². The summed E-state index contributed by atoms with van der Waals surface area (Å²) in [4.78, 5) is 21.9. The van der Waals surface area contributed by atoms with Crippen LogP contribution in [0.15, 0.2) is 12.3 Å². The zero-order valence-electron chi connectivity index (χ0n) is 13.8. The predicted molar refractivity (Wildman–Crippen MR) is 84.6 cm³/mol. The summed E-state index contributed by atoms with van der Waals surface area (Å²) in [6, 6.07) is 0.782. The summed E-state index contributed by atoms with van der Waals surface area (Å²) in [5.41, 5.74) is -0.951. The van der Waals surface area contributed by atoms with Crippen molar-refractivity contribution in [2.24, 2.45) is 17.8 Å². The number of amides is 1. The minimum absolute atomic E-state index is 0.0107. The standard InChI is InChI=1S/C17H21F3N4O/c18-17(19,20)14-6-7-21-16(23-14)22-13-9-24(8-12(13)10-4-5-10)15(25)11-2-1-3-11/h6-7,10-13H,1-5,8-9H2,(H,21,22,23)/t12-,13+/m1/s1. The molecule has 1 aromatic rings. The number of anilines is 1. The second kappa shape index (κ2) is 6.14. The number of rotatable bonds is 4. The van der Waals surface area contributed by atoms with Crippen molar-refractivity contribution in [2.75, 3.05) is 18.4 Å². The summed E-state index contributed by atoms with van der Waals surface area (Å²) in [6.07, 6.45) is 1.90. The monoisotopic (exact) mass is 354 g/mol. The van der Waals surface area contributed by atoms with E-state index in [1.165, 1.54) is 0 Å². The van der Waals surface area contributed by atoms with Gasteiger partial charge in [0.2, 0.25) is 11.9 Å². The van der Waals surface area contributed by atoms with Crippen molar-refractivity contribution in [1.29, 1.82) is 0 Å². The van der Waals surface area contributed by atoms with E-state index in [1.807, 2.05) is 4.90 Å². The molecule has 2 atom stereocenters. The molecular weight excluding hydrogens is 333 g/mol. The van der Waals surface area contributed by atoms with Gasteiger partial charge < -0.3 is 10.2 Å². The Morgan fingerprint density at radius 2 is 1.96 bits per heavy atom. The topological polar surface area (TPSA) is 58.1 Å². The van der Waals surface area contributed by atoms with Gasteiger partial charge in [0, 0.05) is 31.1 Å². The molecule has 1 saturated heterocycles. The van der Waals surface area contributed by atoms with Crippen molar-refractivity contribution in [1.82, 2.24) is 14.9 Å². The summed E-state index contributed by atoms with van der Waals surface area (Å²) in [5, 5.41) is 3.07. The summed E-state index contributed by atoms with van der Waals surface area (Å²) in [5.74, 6) is 1.14. The first-order valence-corrected chi connectivity index (χ1v) is 8.87. The molecule has 4 rings (SSSR count). The Morgan fingerprint density at radius 1 is 1.20 bits per heavy atom. The molecule has 2 saturated carbocycles. The van der Waals surface area contributed by atoms with Crippen LogP contribution in [0.1, 0.15) is 37.8 Å². The van der Waals surface area contributed by atoms with Crippen LogP contribution in [0.4, 0.5) is 19.1 Å². The Bertz CT molecular complexity index is 658. The highest BCUT2D eigenvalue weighted by atomic mass is 19.4. The predicted octanol–water partition coefficient (Wildman–Crippen LogP) is 2.94. The molecule has 2 heterocycles. The normalized spacial score (nSPS) is 27.2. The zero-order valence-corrected chi connectivity index (χ0v) is 13.8. The van der Waals surface area contributed by atoms with Crippen molar-refractivity contribution >= 4 is 11.9 Å². The van der Waals surface area contributed by atoms with E-state index in [1.54, 1.807) is 0 Å². The maximum absolute atomic E-state index is 12.8. The number of likely N-dealkylation sites (tertiary alicyclic amines) is 1. The van der Waals surface area contributed by atoms with E-state index in [2.05, 4.69) is 15.3 Å². The van der Waals surface area contributed by atoms with Gasteiger partial charge >= 0.3 is 6.18 Å². The van der Waals surface area contributed by atoms with Gasteiger partial charge in [-0.2, -0.15) is 13.2 Å². The van der Waals surface area contributed by atoms with Crippen LogP contribution >= 0.6 is 0 Å². The maximum Gasteiger partial charge on any atom is 0.433 e. The van der Waals surface area contributed by atoms with Crippen LogP contribution in [0.2, 0.25) is 0 Å². The van der Waals surface area contributed by atoms with E-state index in [0.29, 0.717) is 19.0 Å². The lowest BCUT2D eigenvalue weighted by atomic mass is 9.84. The minimum atomic E-state index is -4.49. The Hall–Kier alpha value is -1.86. The van der Waals surface area contributed by atoms with Crippen LogP contribution in [0, 0.1) is 17.8 Å². The van der Waals surface area contributed by atoms with Gasteiger partial charge in [0.05, 0.1) is 6.04 Å². The molecule has 0 bridgehead atoms. The molecule has 136 valence electrons. The third kappa shape index (κ3) is 3.43. The van der Waals surface area contributed by atoms with Crippen molar-refractivity contribution in [3.05, 3.63) is 18.0 Å². The molecule has 1 amide bonds. The largest absolute Gasteiger partial charge is 0.433 e. The van der Waals surface area contributed by atoms with Crippen LogP contribution < -0.4 is 5.32 Å². The third-order valence-corrected chi connectivity index (χ3v) is 5.62. The fraction of sp³-hybridized carbons (Fsp3) is 0.706. The van der Waals surface area contributed by atoms with Crippen LogP contribution in [0.3, 0.4) is 0 Å².